The lowest BCUT2D eigenvalue weighted by Crippen LogP contribution is -2.15. The third-order valence-corrected chi connectivity index (χ3v) is 4.40. The molecule has 0 aliphatic heterocycles. The molecule has 0 radical (unpaired) electrons. The van der Waals surface area contributed by atoms with E-state index in [0.29, 0.717) is 11.3 Å². The fourth-order valence-corrected chi connectivity index (χ4v) is 2.60. The SMILES string of the molecule is COC(=O)c1cccc(N/C=C(/C#N)C(=O)Nc2ccc(S(N)(=O)=O)cc2)c1. The van der Waals surface area contributed by atoms with Crippen LogP contribution in [-0.4, -0.2) is 27.4 Å². The van der Waals surface area contributed by atoms with Gasteiger partial charge in [-0.05, 0) is 42.5 Å². The molecule has 0 aliphatic rings. The van der Waals surface area contributed by atoms with Gasteiger partial charge in [0, 0.05) is 17.6 Å². The molecule has 9 nitrogen and oxygen atoms in total. The highest BCUT2D eigenvalue weighted by molar-refractivity contribution is 7.89. The van der Waals surface area contributed by atoms with Gasteiger partial charge < -0.3 is 15.4 Å². The van der Waals surface area contributed by atoms with Crippen LogP contribution in [0.2, 0.25) is 0 Å². The molecule has 2 aromatic carbocycles. The van der Waals surface area contributed by atoms with Crippen molar-refractivity contribution >= 4 is 33.3 Å². The standard InChI is InChI=1S/C18H16N4O5S/c1-27-18(24)12-3-2-4-15(9-12)21-11-13(10-19)17(23)22-14-5-7-16(8-6-14)28(20,25)26/h2-9,11,21H,1H3,(H,22,23)(H2,20,25,26)/b13-11-. The number of carbonyl (C=O) groups excluding carboxylic acids is 2. The summed E-state index contributed by atoms with van der Waals surface area (Å²) < 4.78 is 27.1. The minimum absolute atomic E-state index is 0.103. The lowest BCUT2D eigenvalue weighted by Gasteiger charge is -2.07. The number of rotatable bonds is 6. The van der Waals surface area contributed by atoms with Crippen molar-refractivity contribution in [1.29, 1.82) is 5.26 Å². The summed E-state index contributed by atoms with van der Waals surface area (Å²) in [6.07, 6.45) is 1.18. The van der Waals surface area contributed by atoms with E-state index in [1.165, 1.54) is 43.6 Å². The van der Waals surface area contributed by atoms with Crippen LogP contribution in [0.3, 0.4) is 0 Å². The van der Waals surface area contributed by atoms with E-state index < -0.39 is 21.9 Å². The smallest absolute Gasteiger partial charge is 0.337 e. The number of hydrogen-bond donors (Lipinski definition) is 3. The Hall–Kier alpha value is -3.68. The van der Waals surface area contributed by atoms with E-state index in [2.05, 4.69) is 15.4 Å². The molecule has 144 valence electrons. The van der Waals surface area contributed by atoms with Gasteiger partial charge in [0.25, 0.3) is 5.91 Å². The van der Waals surface area contributed by atoms with E-state index in [9.17, 15) is 23.3 Å². The Morgan fingerprint density at radius 1 is 1.14 bits per heavy atom. The second-order valence-electron chi connectivity index (χ2n) is 5.41. The number of nitrogens with zero attached hydrogens (tertiary/aromatic N) is 1. The third-order valence-electron chi connectivity index (χ3n) is 3.47. The van der Waals surface area contributed by atoms with Gasteiger partial charge >= 0.3 is 5.97 Å². The van der Waals surface area contributed by atoms with E-state index in [4.69, 9.17) is 5.14 Å². The van der Waals surface area contributed by atoms with Crippen molar-refractivity contribution in [2.75, 3.05) is 17.7 Å². The summed E-state index contributed by atoms with van der Waals surface area (Å²) in [5.74, 6) is -1.23. The second-order valence-corrected chi connectivity index (χ2v) is 6.97. The number of carbonyl (C=O) groups is 2. The average molecular weight is 400 g/mol. The number of anilines is 2. The first-order valence-corrected chi connectivity index (χ1v) is 9.28. The van der Waals surface area contributed by atoms with E-state index in [0.717, 1.165) is 0 Å². The lowest BCUT2D eigenvalue weighted by atomic mass is 10.2. The molecule has 0 aliphatic carbocycles. The van der Waals surface area contributed by atoms with Crippen LogP contribution < -0.4 is 15.8 Å². The maximum atomic E-state index is 12.2. The highest BCUT2D eigenvalue weighted by Crippen LogP contribution is 2.15. The Balaban J connectivity index is 2.11. The zero-order valence-electron chi connectivity index (χ0n) is 14.7. The van der Waals surface area contributed by atoms with E-state index in [-0.39, 0.29) is 16.2 Å². The van der Waals surface area contributed by atoms with E-state index in [1.807, 2.05) is 0 Å². The van der Waals surface area contributed by atoms with E-state index >= 15 is 0 Å². The number of esters is 1. The number of nitrogens with one attached hydrogen (secondary N) is 2. The number of methoxy groups -OCH3 is 1. The Morgan fingerprint density at radius 3 is 2.39 bits per heavy atom. The van der Waals surface area contributed by atoms with Crippen LogP contribution in [-0.2, 0) is 19.6 Å². The summed E-state index contributed by atoms with van der Waals surface area (Å²) in [5.41, 5.74) is 0.824. The highest BCUT2D eigenvalue weighted by Gasteiger charge is 2.12. The Labute approximate surface area is 161 Å². The van der Waals surface area contributed by atoms with Gasteiger partial charge in [-0.15, -0.1) is 0 Å². The number of amides is 1. The molecule has 0 aromatic heterocycles. The normalized spacial score (nSPS) is 11.2. The van der Waals surface area contributed by atoms with Crippen molar-refractivity contribution in [3.63, 3.8) is 0 Å². The van der Waals surface area contributed by atoms with Gasteiger partial charge in [-0.3, -0.25) is 4.79 Å². The maximum absolute atomic E-state index is 12.2. The van der Waals surface area contributed by atoms with Gasteiger partial charge in [-0.25, -0.2) is 18.4 Å². The zero-order valence-corrected chi connectivity index (χ0v) is 15.5. The molecule has 0 saturated heterocycles. The topological polar surface area (TPSA) is 151 Å². The molecule has 4 N–H and O–H groups in total. The van der Waals surface area contributed by atoms with Crippen molar-refractivity contribution in [2.45, 2.75) is 4.90 Å². The van der Waals surface area contributed by atoms with Gasteiger partial charge in [0.05, 0.1) is 17.6 Å². The molecule has 2 aromatic rings. The third kappa shape index (κ3) is 5.41. The summed E-state index contributed by atoms with van der Waals surface area (Å²) in [5, 5.41) is 19.4. The van der Waals surface area contributed by atoms with Crippen LogP contribution in [0.15, 0.2) is 65.2 Å². The van der Waals surface area contributed by atoms with Gasteiger partial charge in [0.1, 0.15) is 11.6 Å². The molecule has 0 bridgehead atoms. The Bertz CT molecular complexity index is 1070. The first-order chi connectivity index (χ1) is 13.2. The van der Waals surface area contributed by atoms with Crippen LogP contribution in [0.1, 0.15) is 10.4 Å². The molecule has 28 heavy (non-hydrogen) atoms. The molecule has 0 spiro atoms. The number of nitrogens with two attached hydrogens (primary N) is 1. The van der Waals surface area contributed by atoms with Crippen LogP contribution >= 0.6 is 0 Å². The molecule has 0 unspecified atom stereocenters. The van der Waals surface area contributed by atoms with Crippen molar-refractivity contribution < 1.29 is 22.7 Å². The van der Waals surface area contributed by atoms with Gasteiger partial charge in [-0.2, -0.15) is 5.26 Å². The van der Waals surface area contributed by atoms with Gasteiger partial charge in [0.15, 0.2) is 0 Å². The van der Waals surface area contributed by atoms with E-state index in [1.54, 1.807) is 24.3 Å². The van der Waals surface area contributed by atoms with Crippen molar-refractivity contribution in [3.8, 4) is 6.07 Å². The summed E-state index contributed by atoms with van der Waals surface area (Å²) >= 11 is 0. The predicted molar refractivity (Wildman–Crippen MR) is 102 cm³/mol. The predicted octanol–water partition coefficient (Wildman–Crippen LogP) is 1.58. The highest BCUT2D eigenvalue weighted by atomic mass is 32.2. The maximum Gasteiger partial charge on any atom is 0.337 e. The molecule has 0 heterocycles. The molecular formula is C18H16N4O5S. The molecule has 0 atom stereocenters. The van der Waals surface area contributed by atoms with Crippen LogP contribution in [0, 0.1) is 11.3 Å². The van der Waals surface area contributed by atoms with Crippen molar-refractivity contribution in [1.82, 2.24) is 0 Å². The molecule has 0 fully saturated rings. The number of hydrogen-bond acceptors (Lipinski definition) is 7. The molecular weight excluding hydrogens is 384 g/mol. The first kappa shape index (κ1) is 20.6. The number of sulfonamides is 1. The average Bonchev–Trinajstić information content (AvgIpc) is 2.67. The van der Waals surface area contributed by atoms with Crippen LogP contribution in [0.25, 0.3) is 0 Å². The summed E-state index contributed by atoms with van der Waals surface area (Å²) in [7, 11) is -2.58. The van der Waals surface area contributed by atoms with Gasteiger partial charge in [0.2, 0.25) is 10.0 Å². The van der Waals surface area contributed by atoms with Crippen molar-refractivity contribution in [2.24, 2.45) is 5.14 Å². The fraction of sp³-hybridized carbons (Fsp3) is 0.0556. The lowest BCUT2D eigenvalue weighted by molar-refractivity contribution is -0.112. The quantitative estimate of drug-likeness (QED) is 0.378. The Morgan fingerprint density at radius 2 is 1.82 bits per heavy atom. The largest absolute Gasteiger partial charge is 0.465 e. The number of benzene rings is 2. The minimum atomic E-state index is -3.84. The summed E-state index contributed by atoms with van der Waals surface area (Å²) in [6.45, 7) is 0. The minimum Gasteiger partial charge on any atom is -0.465 e. The summed E-state index contributed by atoms with van der Waals surface area (Å²) in [6, 6.07) is 13.2. The number of ether oxygens (including phenoxy) is 1. The van der Waals surface area contributed by atoms with Crippen molar-refractivity contribution in [3.05, 3.63) is 65.9 Å². The first-order valence-electron chi connectivity index (χ1n) is 7.74. The second kappa shape index (κ2) is 8.81. The number of nitriles is 1. The summed E-state index contributed by atoms with van der Waals surface area (Å²) in [4.78, 5) is 23.6. The molecule has 10 heteroatoms. The van der Waals surface area contributed by atoms with Crippen LogP contribution in [0.4, 0.5) is 11.4 Å². The number of primary sulfonamides is 1. The van der Waals surface area contributed by atoms with Gasteiger partial charge in [-0.1, -0.05) is 6.07 Å². The molecule has 1 amide bonds. The molecule has 2 rings (SSSR count). The fourth-order valence-electron chi connectivity index (χ4n) is 2.08. The Kier molecular flexibility index (Phi) is 6.49. The zero-order chi connectivity index (χ0) is 20.7. The monoisotopic (exact) mass is 400 g/mol. The van der Waals surface area contributed by atoms with Crippen LogP contribution in [0.5, 0.6) is 0 Å². The molecule has 0 saturated carbocycles.